The maximum absolute atomic E-state index is 13.0. The smallest absolute Gasteiger partial charge is 0.417 e. The Morgan fingerprint density at radius 1 is 1.29 bits per heavy atom. The highest BCUT2D eigenvalue weighted by Crippen LogP contribution is 2.42. The van der Waals surface area contributed by atoms with Gasteiger partial charge in [0.15, 0.2) is 11.5 Å². The molecule has 0 saturated carbocycles. The van der Waals surface area contributed by atoms with E-state index < -0.39 is 52.7 Å². The van der Waals surface area contributed by atoms with Crippen molar-refractivity contribution in [2.45, 2.75) is 6.18 Å². The summed E-state index contributed by atoms with van der Waals surface area (Å²) in [6, 6.07) is 0.391. The number of hydrogen-bond donors (Lipinski definition) is 1. The van der Waals surface area contributed by atoms with Gasteiger partial charge in [-0.15, -0.1) is 0 Å². The van der Waals surface area contributed by atoms with Crippen LogP contribution in [0.3, 0.4) is 0 Å². The Labute approximate surface area is 116 Å². The van der Waals surface area contributed by atoms with Crippen molar-refractivity contribution in [3.05, 3.63) is 22.8 Å². The van der Waals surface area contributed by atoms with Crippen LogP contribution in [0.1, 0.15) is 26.3 Å². The maximum atomic E-state index is 13.0. The molecule has 6 nitrogen and oxygen atoms in total. The first-order chi connectivity index (χ1) is 9.68. The van der Waals surface area contributed by atoms with E-state index in [1.807, 2.05) is 0 Å². The molecule has 0 saturated heterocycles. The van der Waals surface area contributed by atoms with Crippen LogP contribution in [0.2, 0.25) is 0 Å². The Kier molecular flexibility index (Phi) is 4.79. The van der Waals surface area contributed by atoms with E-state index in [9.17, 15) is 27.9 Å². The van der Waals surface area contributed by atoms with Gasteiger partial charge in [0.05, 0.1) is 30.9 Å². The van der Waals surface area contributed by atoms with Gasteiger partial charge in [-0.25, -0.2) is 4.79 Å². The molecule has 1 aromatic rings. The number of benzene rings is 1. The van der Waals surface area contributed by atoms with Crippen LogP contribution in [0.25, 0.3) is 0 Å². The third kappa shape index (κ3) is 3.07. The number of esters is 1. The SMILES string of the molecule is COC(=O)c1c(C(F)(F)F)cc(OC)c(O)c1C(=O)C[OH2+]. The number of carbonyl (C=O) groups is 2. The highest BCUT2D eigenvalue weighted by atomic mass is 19.4. The normalized spacial score (nSPS) is 11.1. The molecular weight excluding hydrogens is 297 g/mol. The average Bonchev–Trinajstić information content (AvgIpc) is 2.43. The summed E-state index contributed by atoms with van der Waals surface area (Å²) < 4.78 is 47.9. The molecule has 116 valence electrons. The van der Waals surface area contributed by atoms with Gasteiger partial charge in [0.2, 0.25) is 12.4 Å². The molecule has 3 N–H and O–H groups in total. The Morgan fingerprint density at radius 3 is 2.24 bits per heavy atom. The van der Waals surface area contributed by atoms with Gasteiger partial charge in [0, 0.05) is 0 Å². The van der Waals surface area contributed by atoms with E-state index in [0.29, 0.717) is 6.07 Å². The zero-order chi connectivity index (χ0) is 16.4. The Morgan fingerprint density at radius 2 is 1.86 bits per heavy atom. The number of phenolic OH excluding ortho intramolecular Hbond substituents is 1. The van der Waals surface area contributed by atoms with Crippen LogP contribution < -0.4 is 4.74 Å². The molecule has 0 radical (unpaired) electrons. The molecule has 1 rings (SSSR count). The number of ketones is 1. The van der Waals surface area contributed by atoms with Gasteiger partial charge in [-0.2, -0.15) is 13.2 Å². The minimum atomic E-state index is -4.98. The standard InChI is InChI=1S/C12H11F3O6/c1-20-7-3-5(12(13,14)15)8(11(19)21-2)9(10(7)18)6(17)4-16/h3,16,18H,4H2,1-2H3/p+1. The largest absolute Gasteiger partial charge is 0.504 e. The lowest BCUT2D eigenvalue weighted by Gasteiger charge is -2.17. The van der Waals surface area contributed by atoms with Gasteiger partial charge in [-0.05, 0) is 6.07 Å². The van der Waals surface area contributed by atoms with Gasteiger partial charge in [-0.3, -0.25) is 4.79 Å². The highest BCUT2D eigenvalue weighted by Gasteiger charge is 2.41. The summed E-state index contributed by atoms with van der Waals surface area (Å²) in [5.41, 5.74) is -3.56. The number of ether oxygens (including phenoxy) is 2. The topological polar surface area (TPSA) is 95.7 Å². The van der Waals surface area contributed by atoms with E-state index >= 15 is 0 Å². The lowest BCUT2D eigenvalue weighted by atomic mass is 9.95. The molecule has 0 aliphatic carbocycles. The van der Waals surface area contributed by atoms with Crippen LogP contribution in [0.5, 0.6) is 11.5 Å². The summed E-state index contributed by atoms with van der Waals surface area (Å²) in [4.78, 5) is 23.2. The number of rotatable bonds is 4. The molecule has 0 heterocycles. The number of carbonyl (C=O) groups excluding carboxylic acids is 2. The third-order valence-corrected chi connectivity index (χ3v) is 2.62. The average molecular weight is 309 g/mol. The fraction of sp³-hybridized carbons (Fsp3) is 0.333. The molecule has 0 fully saturated rings. The summed E-state index contributed by atoms with van der Waals surface area (Å²) in [7, 11) is 1.82. The van der Waals surface area contributed by atoms with Crippen molar-refractivity contribution >= 4 is 11.8 Å². The van der Waals surface area contributed by atoms with Crippen molar-refractivity contribution in [1.82, 2.24) is 0 Å². The second kappa shape index (κ2) is 6.00. The first kappa shape index (κ1) is 16.8. The second-order valence-electron chi connectivity index (χ2n) is 3.81. The van der Waals surface area contributed by atoms with Crippen molar-refractivity contribution < 1.29 is 42.4 Å². The second-order valence-corrected chi connectivity index (χ2v) is 3.81. The van der Waals surface area contributed by atoms with Gasteiger partial charge < -0.3 is 19.7 Å². The molecule has 0 unspecified atom stereocenters. The van der Waals surface area contributed by atoms with Crippen LogP contribution >= 0.6 is 0 Å². The third-order valence-electron chi connectivity index (χ3n) is 2.62. The molecular formula is C12H12F3O6+. The van der Waals surface area contributed by atoms with E-state index in [4.69, 9.17) is 5.11 Å². The zero-order valence-electron chi connectivity index (χ0n) is 11.0. The fourth-order valence-electron chi connectivity index (χ4n) is 1.70. The fourth-order valence-corrected chi connectivity index (χ4v) is 1.70. The Bertz CT molecular complexity index is 579. The minimum Gasteiger partial charge on any atom is -0.504 e. The van der Waals surface area contributed by atoms with E-state index in [1.165, 1.54) is 0 Å². The van der Waals surface area contributed by atoms with E-state index in [2.05, 4.69) is 9.47 Å². The van der Waals surface area contributed by atoms with E-state index in [1.54, 1.807) is 0 Å². The minimum absolute atomic E-state index is 0.391. The Hall–Kier alpha value is -2.29. The van der Waals surface area contributed by atoms with Crippen molar-refractivity contribution in [3.63, 3.8) is 0 Å². The predicted octanol–water partition coefficient (Wildman–Crippen LogP) is 1.11. The number of methoxy groups -OCH3 is 2. The Balaban J connectivity index is 3.88. The molecule has 0 atom stereocenters. The number of Topliss-reactive ketones (excluding diaryl/α,β-unsaturated/α-hetero) is 1. The molecule has 0 spiro atoms. The van der Waals surface area contributed by atoms with Gasteiger partial charge in [-0.1, -0.05) is 0 Å². The van der Waals surface area contributed by atoms with Crippen LogP contribution in [-0.2, 0) is 10.9 Å². The van der Waals surface area contributed by atoms with Crippen molar-refractivity contribution in [3.8, 4) is 11.5 Å². The molecule has 0 amide bonds. The van der Waals surface area contributed by atoms with Crippen LogP contribution in [0, 0.1) is 0 Å². The van der Waals surface area contributed by atoms with Crippen molar-refractivity contribution in [2.24, 2.45) is 0 Å². The molecule has 0 bridgehead atoms. The number of aromatic hydroxyl groups is 1. The lowest BCUT2D eigenvalue weighted by molar-refractivity contribution is -0.138. The van der Waals surface area contributed by atoms with Crippen molar-refractivity contribution in [2.75, 3.05) is 20.8 Å². The summed E-state index contributed by atoms with van der Waals surface area (Å²) in [5, 5.41) is 16.8. The monoisotopic (exact) mass is 309 g/mol. The molecule has 0 aliphatic heterocycles. The first-order valence-corrected chi connectivity index (χ1v) is 5.46. The predicted molar refractivity (Wildman–Crippen MR) is 63.8 cm³/mol. The molecule has 1 aromatic carbocycles. The van der Waals surface area contributed by atoms with Gasteiger partial charge in [0.1, 0.15) is 0 Å². The maximum Gasteiger partial charge on any atom is 0.417 e. The highest BCUT2D eigenvalue weighted by molar-refractivity contribution is 6.10. The molecule has 0 aliphatic rings. The molecule has 21 heavy (non-hydrogen) atoms. The van der Waals surface area contributed by atoms with Gasteiger partial charge >= 0.3 is 12.1 Å². The number of phenols is 1. The van der Waals surface area contributed by atoms with Crippen molar-refractivity contribution in [1.29, 1.82) is 0 Å². The quantitative estimate of drug-likeness (QED) is 0.511. The molecule has 0 aromatic heterocycles. The zero-order valence-corrected chi connectivity index (χ0v) is 11.0. The number of hydrogen-bond acceptors (Lipinski definition) is 5. The van der Waals surface area contributed by atoms with E-state index in [-0.39, 0.29) is 0 Å². The van der Waals surface area contributed by atoms with Crippen LogP contribution in [-0.4, -0.2) is 42.8 Å². The summed E-state index contributed by atoms with van der Waals surface area (Å²) in [6.45, 7) is -0.956. The first-order valence-electron chi connectivity index (χ1n) is 5.46. The summed E-state index contributed by atoms with van der Waals surface area (Å²) in [6.07, 6.45) is -4.98. The van der Waals surface area contributed by atoms with Gasteiger partial charge in [0.25, 0.3) is 0 Å². The van der Waals surface area contributed by atoms with Crippen LogP contribution in [0.15, 0.2) is 6.07 Å². The number of halogens is 3. The summed E-state index contributed by atoms with van der Waals surface area (Å²) in [5.74, 6) is -4.19. The van der Waals surface area contributed by atoms with E-state index in [0.717, 1.165) is 14.2 Å². The lowest BCUT2D eigenvalue weighted by Crippen LogP contribution is -2.20. The number of alkyl halides is 3. The van der Waals surface area contributed by atoms with Crippen LogP contribution in [0.4, 0.5) is 13.2 Å². The molecule has 9 heteroatoms. The summed E-state index contributed by atoms with van der Waals surface area (Å²) >= 11 is 0.